The first-order chi connectivity index (χ1) is 9.69. The van der Waals surface area contributed by atoms with Crippen LogP contribution in [0.1, 0.15) is 11.3 Å². The Bertz CT molecular complexity index is 731. The van der Waals surface area contributed by atoms with Gasteiger partial charge in [0.05, 0.1) is 18.5 Å². The number of halogens is 1. The minimum atomic E-state index is 0.397. The van der Waals surface area contributed by atoms with Gasteiger partial charge in [-0.05, 0) is 17.7 Å². The Hall–Kier alpha value is -2.05. The summed E-state index contributed by atoms with van der Waals surface area (Å²) in [5, 5.41) is 13.0. The number of aromatic nitrogens is 4. The minimum absolute atomic E-state index is 0.397. The van der Waals surface area contributed by atoms with E-state index in [1.54, 1.807) is 11.8 Å². The number of nitrogens with one attached hydrogen (secondary N) is 1. The molecule has 0 saturated heterocycles. The summed E-state index contributed by atoms with van der Waals surface area (Å²) in [5.41, 5.74) is 8.48. The highest BCUT2D eigenvalue weighted by atomic mass is 35.5. The average molecular weight is 292 g/mol. The van der Waals surface area contributed by atoms with Crippen molar-refractivity contribution in [3.8, 4) is 0 Å². The van der Waals surface area contributed by atoms with Gasteiger partial charge in [0.25, 0.3) is 0 Å². The lowest BCUT2D eigenvalue weighted by molar-refractivity contribution is 0.182. The third-order valence-electron chi connectivity index (χ3n) is 3.08. The van der Waals surface area contributed by atoms with Crippen LogP contribution >= 0.6 is 11.6 Å². The molecule has 2 aromatic heterocycles. The van der Waals surface area contributed by atoms with E-state index in [0.29, 0.717) is 24.0 Å². The number of ether oxygens (including phenoxy) is 1. The van der Waals surface area contributed by atoms with Crippen molar-refractivity contribution in [2.75, 3.05) is 12.8 Å². The Morgan fingerprint density at radius 2 is 2.10 bits per heavy atom. The van der Waals surface area contributed by atoms with Crippen molar-refractivity contribution in [3.63, 3.8) is 0 Å². The molecule has 2 heterocycles. The van der Waals surface area contributed by atoms with Gasteiger partial charge in [-0.3, -0.25) is 5.10 Å². The number of methoxy groups -OCH3 is 1. The Morgan fingerprint density at radius 3 is 2.80 bits per heavy atom. The molecule has 0 spiro atoms. The molecule has 3 rings (SSSR count). The van der Waals surface area contributed by atoms with Crippen LogP contribution in [-0.2, 0) is 17.9 Å². The Labute approximate surface area is 120 Å². The first-order valence-corrected chi connectivity index (χ1v) is 6.49. The molecule has 6 nitrogen and oxygen atoms in total. The normalized spacial score (nSPS) is 11.3. The van der Waals surface area contributed by atoms with Crippen LogP contribution in [0.5, 0.6) is 0 Å². The molecule has 0 saturated carbocycles. The number of nitrogens with zero attached hydrogens (tertiary/aromatic N) is 3. The monoisotopic (exact) mass is 291 g/mol. The Kier molecular flexibility index (Phi) is 3.33. The number of nitrogens with two attached hydrogens (primary N) is 1. The molecular weight excluding hydrogens is 278 g/mol. The number of H-pyrrole nitrogens is 1. The van der Waals surface area contributed by atoms with Gasteiger partial charge in [0.1, 0.15) is 11.5 Å². The van der Waals surface area contributed by atoms with Crippen LogP contribution in [-0.4, -0.2) is 27.1 Å². The molecule has 3 aromatic rings. The minimum Gasteiger partial charge on any atom is -0.383 e. The summed E-state index contributed by atoms with van der Waals surface area (Å²) in [5.74, 6) is 0.509. The fourth-order valence-corrected chi connectivity index (χ4v) is 2.30. The highest BCUT2D eigenvalue weighted by Gasteiger charge is 2.16. The van der Waals surface area contributed by atoms with Gasteiger partial charge < -0.3 is 10.5 Å². The number of hydrogen-bond donors (Lipinski definition) is 2. The number of aromatic amines is 1. The second kappa shape index (κ2) is 5.15. The fraction of sp³-hybridized carbons (Fsp3) is 0.231. The van der Waals surface area contributed by atoms with Gasteiger partial charge in [-0.1, -0.05) is 23.7 Å². The van der Waals surface area contributed by atoms with Crippen molar-refractivity contribution in [1.29, 1.82) is 0 Å². The maximum atomic E-state index is 5.89. The van der Waals surface area contributed by atoms with Crippen molar-refractivity contribution in [2.45, 2.75) is 13.2 Å². The molecule has 0 radical (unpaired) electrons. The van der Waals surface area contributed by atoms with E-state index in [2.05, 4.69) is 15.3 Å². The fourth-order valence-electron chi connectivity index (χ4n) is 2.17. The molecule has 7 heteroatoms. The SMILES string of the molecule is COCc1nn(Cc2ccc(Cl)cc2)c2n[nH]c(N)c12. The summed E-state index contributed by atoms with van der Waals surface area (Å²) in [7, 11) is 1.63. The highest BCUT2D eigenvalue weighted by Crippen LogP contribution is 2.23. The third kappa shape index (κ3) is 2.23. The second-order valence-electron chi connectivity index (χ2n) is 4.50. The van der Waals surface area contributed by atoms with E-state index in [1.165, 1.54) is 0 Å². The number of rotatable bonds is 4. The van der Waals surface area contributed by atoms with Gasteiger partial charge in [-0.15, -0.1) is 0 Å². The summed E-state index contributed by atoms with van der Waals surface area (Å²) in [6, 6.07) is 7.63. The predicted molar refractivity (Wildman–Crippen MR) is 77.6 cm³/mol. The van der Waals surface area contributed by atoms with E-state index in [1.807, 2.05) is 24.3 Å². The Balaban J connectivity index is 2.01. The smallest absolute Gasteiger partial charge is 0.182 e. The first kappa shape index (κ1) is 13.0. The first-order valence-electron chi connectivity index (χ1n) is 6.11. The van der Waals surface area contributed by atoms with Crippen molar-refractivity contribution in [2.24, 2.45) is 0 Å². The van der Waals surface area contributed by atoms with Gasteiger partial charge >= 0.3 is 0 Å². The number of anilines is 1. The maximum absolute atomic E-state index is 5.89. The molecule has 0 amide bonds. The van der Waals surface area contributed by atoms with Gasteiger partial charge in [0.15, 0.2) is 5.65 Å². The van der Waals surface area contributed by atoms with Crippen LogP contribution in [0.15, 0.2) is 24.3 Å². The summed E-state index contributed by atoms with van der Waals surface area (Å²) < 4.78 is 6.95. The number of nitrogen functional groups attached to an aromatic ring is 1. The summed E-state index contributed by atoms with van der Waals surface area (Å²) >= 11 is 5.89. The quantitative estimate of drug-likeness (QED) is 0.772. The van der Waals surface area contributed by atoms with E-state index in [-0.39, 0.29) is 0 Å². The molecule has 0 aliphatic rings. The van der Waals surface area contributed by atoms with Gasteiger partial charge in [-0.2, -0.15) is 10.2 Å². The van der Waals surface area contributed by atoms with Crippen molar-refractivity contribution in [3.05, 3.63) is 40.5 Å². The van der Waals surface area contributed by atoms with E-state index < -0.39 is 0 Å². The largest absolute Gasteiger partial charge is 0.383 e. The average Bonchev–Trinajstić information content (AvgIpc) is 2.96. The van der Waals surface area contributed by atoms with Crippen LogP contribution in [0.3, 0.4) is 0 Å². The Morgan fingerprint density at radius 1 is 1.35 bits per heavy atom. The molecule has 0 aliphatic carbocycles. The van der Waals surface area contributed by atoms with Crippen LogP contribution in [0.25, 0.3) is 11.0 Å². The zero-order valence-electron chi connectivity index (χ0n) is 10.9. The van der Waals surface area contributed by atoms with E-state index >= 15 is 0 Å². The van der Waals surface area contributed by atoms with Crippen molar-refractivity contribution >= 4 is 28.5 Å². The molecule has 3 N–H and O–H groups in total. The number of fused-ring (bicyclic) bond motifs is 1. The molecular formula is C13H14ClN5O. The van der Waals surface area contributed by atoms with Crippen molar-refractivity contribution in [1.82, 2.24) is 20.0 Å². The number of benzene rings is 1. The second-order valence-corrected chi connectivity index (χ2v) is 4.94. The standard InChI is InChI=1S/C13H14ClN5O/c1-20-7-10-11-12(15)16-17-13(11)19(18-10)6-8-2-4-9(14)5-3-8/h2-5H,6-7H2,1H3,(H3,15,16,17). The van der Waals surface area contributed by atoms with Crippen LogP contribution < -0.4 is 5.73 Å². The molecule has 0 bridgehead atoms. The molecule has 0 aliphatic heterocycles. The summed E-state index contributed by atoms with van der Waals surface area (Å²) in [6.07, 6.45) is 0. The van der Waals surface area contributed by atoms with Crippen LogP contribution in [0.4, 0.5) is 5.82 Å². The van der Waals surface area contributed by atoms with E-state index in [4.69, 9.17) is 22.1 Å². The lowest BCUT2D eigenvalue weighted by Gasteiger charge is -2.02. The lowest BCUT2D eigenvalue weighted by Crippen LogP contribution is -2.03. The molecule has 0 unspecified atom stereocenters. The molecule has 0 atom stereocenters. The predicted octanol–water partition coefficient (Wildman–Crippen LogP) is 2.19. The zero-order chi connectivity index (χ0) is 14.1. The summed E-state index contributed by atoms with van der Waals surface area (Å²) in [4.78, 5) is 0. The van der Waals surface area contributed by atoms with Crippen LogP contribution in [0.2, 0.25) is 5.02 Å². The molecule has 104 valence electrons. The van der Waals surface area contributed by atoms with Gasteiger partial charge in [0, 0.05) is 12.1 Å². The molecule has 1 aromatic carbocycles. The summed E-state index contributed by atoms with van der Waals surface area (Å²) in [6.45, 7) is 0.996. The van der Waals surface area contributed by atoms with E-state index in [9.17, 15) is 0 Å². The molecule has 20 heavy (non-hydrogen) atoms. The van der Waals surface area contributed by atoms with Gasteiger partial charge in [-0.25, -0.2) is 4.68 Å². The maximum Gasteiger partial charge on any atom is 0.182 e. The van der Waals surface area contributed by atoms with Crippen molar-refractivity contribution < 1.29 is 4.74 Å². The van der Waals surface area contributed by atoms with E-state index in [0.717, 1.165) is 22.3 Å². The van der Waals surface area contributed by atoms with Crippen LogP contribution in [0, 0.1) is 0 Å². The molecule has 0 fully saturated rings. The third-order valence-corrected chi connectivity index (χ3v) is 3.33. The number of hydrogen-bond acceptors (Lipinski definition) is 4. The zero-order valence-corrected chi connectivity index (χ0v) is 11.7. The highest BCUT2D eigenvalue weighted by molar-refractivity contribution is 6.30. The topological polar surface area (TPSA) is 81.8 Å². The van der Waals surface area contributed by atoms with Gasteiger partial charge in [0.2, 0.25) is 0 Å². The lowest BCUT2D eigenvalue weighted by atomic mass is 10.2.